The van der Waals surface area contributed by atoms with E-state index in [1.165, 1.54) is 55.5 Å². The second kappa shape index (κ2) is 21.2. The highest BCUT2D eigenvalue weighted by Gasteiger charge is 2.44. The summed E-state index contributed by atoms with van der Waals surface area (Å²) in [5.41, 5.74) is 8.12. The first-order valence-corrected chi connectivity index (χ1v) is 22.6. The summed E-state index contributed by atoms with van der Waals surface area (Å²) < 4.78 is 110. The fourth-order valence-corrected chi connectivity index (χ4v) is 9.92. The van der Waals surface area contributed by atoms with Gasteiger partial charge in [-0.1, -0.05) is 23.2 Å². The van der Waals surface area contributed by atoms with Crippen LogP contribution in [0.15, 0.2) is 84.9 Å². The first-order chi connectivity index (χ1) is 32.6. The summed E-state index contributed by atoms with van der Waals surface area (Å²) in [4.78, 5) is 41.2. The second-order valence-corrected chi connectivity index (χ2v) is 17.9. The van der Waals surface area contributed by atoms with Crippen molar-refractivity contribution in [3.8, 4) is 11.5 Å². The number of carbonyl (C=O) groups is 3. The molecule has 11 nitrogen and oxygen atoms in total. The fourth-order valence-electron chi connectivity index (χ4n) is 9.51. The minimum Gasteiger partial charge on any atom is -0.404 e. The Balaban J connectivity index is 0.000000205. The van der Waals surface area contributed by atoms with Crippen LogP contribution in [0.2, 0.25) is 10.0 Å². The van der Waals surface area contributed by atoms with Gasteiger partial charge in [0.15, 0.2) is 0 Å². The van der Waals surface area contributed by atoms with Crippen LogP contribution in [0.4, 0.5) is 57.9 Å². The molecule has 4 aromatic rings. The molecule has 4 aliphatic rings. The number of nitrogens with one attached hydrogen (secondary N) is 3. The van der Waals surface area contributed by atoms with Crippen molar-refractivity contribution in [2.24, 2.45) is 0 Å². The Bertz CT molecular complexity index is 2550. The molecule has 0 saturated carbocycles. The van der Waals surface area contributed by atoms with E-state index < -0.39 is 30.1 Å². The molecule has 3 amide bonds. The van der Waals surface area contributed by atoms with Gasteiger partial charge in [0.25, 0.3) is 0 Å². The number of piperidine rings is 2. The highest BCUT2D eigenvalue weighted by atomic mass is 35.5. The number of nitrogen functional groups attached to an aromatic ring is 1. The number of fused-ring (bicyclic) bond motifs is 4. The lowest BCUT2D eigenvalue weighted by Gasteiger charge is -2.39. The van der Waals surface area contributed by atoms with Crippen LogP contribution in [0.5, 0.6) is 11.5 Å². The van der Waals surface area contributed by atoms with Crippen molar-refractivity contribution in [2.45, 2.75) is 107 Å². The zero-order valence-corrected chi connectivity index (χ0v) is 38.2. The first-order valence-electron chi connectivity index (χ1n) is 21.8. The lowest BCUT2D eigenvalue weighted by molar-refractivity contribution is -0.275. The molecule has 21 heteroatoms. The van der Waals surface area contributed by atoms with Gasteiger partial charge in [-0.05, 0) is 136 Å². The molecule has 4 heterocycles. The number of halogens is 10. The zero-order chi connectivity index (χ0) is 49.8. The predicted molar refractivity (Wildman–Crippen MR) is 246 cm³/mol. The van der Waals surface area contributed by atoms with E-state index in [9.17, 15) is 49.5 Å². The highest BCUT2D eigenvalue weighted by molar-refractivity contribution is 6.33. The van der Waals surface area contributed by atoms with Crippen LogP contribution in [-0.2, 0) is 14.4 Å². The topological polar surface area (TPSA) is 138 Å². The summed E-state index contributed by atoms with van der Waals surface area (Å²) in [6.45, 7) is 1.24. The molecule has 4 aliphatic heterocycles. The average Bonchev–Trinajstić information content (AvgIpc) is 3.70. The van der Waals surface area contributed by atoms with Crippen LogP contribution in [-0.4, -0.2) is 76.5 Å². The Morgan fingerprint density at radius 1 is 0.623 bits per heavy atom. The molecular weight excluding hydrogens is 963 g/mol. The van der Waals surface area contributed by atoms with Crippen molar-refractivity contribution in [1.82, 2.24) is 9.80 Å². The maximum Gasteiger partial charge on any atom is 0.573 e. The van der Waals surface area contributed by atoms with Crippen LogP contribution in [0.1, 0.15) is 69.4 Å². The molecule has 69 heavy (non-hydrogen) atoms. The van der Waals surface area contributed by atoms with Crippen molar-refractivity contribution in [3.63, 3.8) is 0 Å². The normalized spacial score (nSPS) is 22.0. The number of ether oxygens (including phenoxy) is 2. The molecule has 368 valence electrons. The zero-order valence-electron chi connectivity index (χ0n) is 36.7. The van der Waals surface area contributed by atoms with Gasteiger partial charge in [0.2, 0.25) is 17.7 Å². The summed E-state index contributed by atoms with van der Waals surface area (Å²) >= 11 is 11.7. The SMILES string of the molecule is CC(=O)Nc1cc(Cl)c(OC(F)(F)F)cc1/C=C/C(=O)N1[C@@H]2CC[C@H]1CC(Nc1ccc(F)cc1)C2.Nc1cc(Cl)c(OC(F)(F)F)cc1/C=C/C(=O)N1[C@@H]2CC[C@H]1CC(Nc1ccc(F)cc1)C2. The third-order valence-corrected chi connectivity index (χ3v) is 12.8. The van der Waals surface area contributed by atoms with Crippen molar-refractivity contribution in [3.05, 3.63) is 118 Å². The molecule has 2 unspecified atom stereocenters. The summed E-state index contributed by atoms with van der Waals surface area (Å²) in [5.74, 6) is -2.79. The first kappa shape index (κ1) is 50.7. The molecular formula is C48H46Cl2F8N6O5. The van der Waals surface area contributed by atoms with Gasteiger partial charge in [-0.15, -0.1) is 26.3 Å². The summed E-state index contributed by atoms with van der Waals surface area (Å²) in [7, 11) is 0. The van der Waals surface area contributed by atoms with Gasteiger partial charge >= 0.3 is 12.7 Å². The molecule has 4 fully saturated rings. The molecule has 0 spiro atoms. The molecule has 0 aliphatic carbocycles. The summed E-state index contributed by atoms with van der Waals surface area (Å²) in [6.07, 6.45) is 1.82. The van der Waals surface area contributed by atoms with Crippen LogP contribution in [0.3, 0.4) is 0 Å². The summed E-state index contributed by atoms with van der Waals surface area (Å²) in [5, 5.41) is 8.69. The third-order valence-electron chi connectivity index (χ3n) is 12.2. The Morgan fingerprint density at radius 3 is 1.39 bits per heavy atom. The van der Waals surface area contributed by atoms with Crippen molar-refractivity contribution in [1.29, 1.82) is 0 Å². The van der Waals surface area contributed by atoms with Crippen molar-refractivity contribution < 1.29 is 59.0 Å². The predicted octanol–water partition coefficient (Wildman–Crippen LogP) is 11.6. The minimum absolute atomic E-state index is 0.00278. The lowest BCUT2D eigenvalue weighted by atomic mass is 9.96. The van der Waals surface area contributed by atoms with Gasteiger partial charge < -0.3 is 41.0 Å². The van der Waals surface area contributed by atoms with Gasteiger partial charge in [-0.2, -0.15) is 0 Å². The number of nitrogens with two attached hydrogens (primary N) is 1. The van der Waals surface area contributed by atoms with Crippen molar-refractivity contribution in [2.75, 3.05) is 21.7 Å². The lowest BCUT2D eigenvalue weighted by Crippen LogP contribution is -2.49. The van der Waals surface area contributed by atoms with E-state index in [0.717, 1.165) is 87.0 Å². The van der Waals surface area contributed by atoms with E-state index in [4.69, 9.17) is 28.9 Å². The summed E-state index contributed by atoms with van der Waals surface area (Å²) in [6, 6.07) is 17.1. The monoisotopic (exact) mass is 1010 g/mol. The quantitative estimate of drug-likeness (QED) is 0.0662. The molecule has 4 bridgehead atoms. The number of amides is 3. The number of alkyl halides is 6. The van der Waals surface area contributed by atoms with Crippen LogP contribution in [0, 0.1) is 11.6 Å². The number of hydrogen-bond acceptors (Lipinski definition) is 8. The second-order valence-electron chi connectivity index (χ2n) is 17.1. The van der Waals surface area contributed by atoms with E-state index in [1.807, 2.05) is 4.90 Å². The number of rotatable bonds is 11. The van der Waals surface area contributed by atoms with Gasteiger partial charge in [-0.3, -0.25) is 14.4 Å². The van der Waals surface area contributed by atoms with E-state index >= 15 is 0 Å². The standard InChI is InChI=1S/C25H24ClF4N3O3.C23H22ClF4N3O2/c1-14(34)31-22-13-21(26)23(36-25(28,29)30)10-15(22)2-9-24(35)33-19-7-8-20(33)12-18(11-19)32-17-5-3-16(27)4-6-17;24-19-12-20(29)13(9-21(19)33-23(26,27)28)1-8-22(32)31-17-6-7-18(31)11-16(10-17)30-15-4-2-14(25)3-5-15/h2-6,9-10,13,18-20,32H,7-8,11-12H2,1H3,(H,31,34);1-5,8-9,12,16-18,30H,6-7,10-11,29H2/b9-2+;8-1+/t18?,19-,20+;16?,17-,18+. The molecule has 4 saturated heterocycles. The van der Waals surface area contributed by atoms with Crippen LogP contribution < -0.4 is 31.2 Å². The van der Waals surface area contributed by atoms with E-state index in [0.29, 0.717) is 0 Å². The van der Waals surface area contributed by atoms with Gasteiger partial charge in [0.05, 0.1) is 10.0 Å². The molecule has 5 N–H and O–H groups in total. The molecule has 0 radical (unpaired) electrons. The number of nitrogens with zero attached hydrogens (tertiary/aromatic N) is 2. The molecule has 4 aromatic carbocycles. The minimum atomic E-state index is -4.96. The van der Waals surface area contributed by atoms with E-state index in [2.05, 4.69) is 25.4 Å². The molecule has 6 atom stereocenters. The molecule has 0 aromatic heterocycles. The van der Waals surface area contributed by atoms with Gasteiger partial charge in [0, 0.05) is 89.2 Å². The van der Waals surface area contributed by atoms with Crippen LogP contribution >= 0.6 is 23.2 Å². The maximum atomic E-state index is 13.2. The Labute approximate surface area is 401 Å². The van der Waals surface area contributed by atoms with Gasteiger partial charge in [-0.25, -0.2) is 8.78 Å². The fraction of sp³-hybridized carbons (Fsp3) is 0.354. The number of benzene rings is 4. The third kappa shape index (κ3) is 13.5. The van der Waals surface area contributed by atoms with Crippen molar-refractivity contribution >= 4 is 75.8 Å². The number of anilines is 4. The largest absolute Gasteiger partial charge is 0.573 e. The number of carbonyl (C=O) groups excluding carboxylic acids is 3. The van der Waals surface area contributed by atoms with E-state index in [-0.39, 0.29) is 92.2 Å². The van der Waals surface area contributed by atoms with Gasteiger partial charge in [0.1, 0.15) is 23.1 Å². The Morgan fingerprint density at radius 2 is 1.00 bits per heavy atom. The Kier molecular flexibility index (Phi) is 15.6. The molecule has 8 rings (SSSR count). The smallest absolute Gasteiger partial charge is 0.404 e. The van der Waals surface area contributed by atoms with Crippen LogP contribution in [0.25, 0.3) is 12.2 Å². The number of hydrogen-bond donors (Lipinski definition) is 4. The van der Waals surface area contributed by atoms with E-state index in [1.54, 1.807) is 29.2 Å². The average molecular weight is 1010 g/mol. The Hall–Kier alpha value is -6.21. The maximum absolute atomic E-state index is 13.2. The highest BCUT2D eigenvalue weighted by Crippen LogP contribution is 2.40.